The van der Waals surface area contributed by atoms with Crippen LogP contribution >= 0.6 is 11.6 Å². The Morgan fingerprint density at radius 1 is 1.44 bits per heavy atom. The number of hydrogen-bond acceptors (Lipinski definition) is 4. The van der Waals surface area contributed by atoms with E-state index >= 15 is 0 Å². The number of hydrogen-bond donors (Lipinski definition) is 1. The van der Waals surface area contributed by atoms with Gasteiger partial charge >= 0.3 is 0 Å². The van der Waals surface area contributed by atoms with Crippen LogP contribution in [0.3, 0.4) is 0 Å². The van der Waals surface area contributed by atoms with Crippen LogP contribution in [0.5, 0.6) is 0 Å². The molecule has 1 N–H and O–H groups in total. The standard InChI is InChI=1S/C19H17ClFN5O/c20-18-15(21)9-12(11-23-18)8-14-2-1-7-26(19(14)27)17-10-16(24-25-17)13-3-5-22-6-4-13/h3-6,9-11,14H,1-2,7-8H2,(H,24,25)/t14-/m1/s1/i1D2,2D2,7D2,8D2,14D. The second kappa shape index (κ2) is 7.44. The smallest absolute Gasteiger partial charge is 0.231 e. The first kappa shape index (κ1) is 9.94. The zero-order valence-corrected chi connectivity index (χ0v) is 14.3. The van der Waals surface area contributed by atoms with Gasteiger partial charge in [0, 0.05) is 54.9 Å². The molecule has 1 saturated heterocycles. The number of H-pyrrole nitrogens is 1. The minimum atomic E-state index is -3.78. The fraction of sp³-hybridized carbons (Fsp3) is 0.263. The normalized spacial score (nSPS) is 31.1. The Kier molecular flexibility index (Phi) is 2.74. The quantitative estimate of drug-likeness (QED) is 0.685. The number of anilines is 1. The van der Waals surface area contributed by atoms with E-state index in [4.69, 9.17) is 23.9 Å². The molecule has 4 heterocycles. The third-order valence-corrected chi connectivity index (χ3v) is 3.90. The van der Waals surface area contributed by atoms with Gasteiger partial charge in [-0.3, -0.25) is 19.8 Å². The van der Waals surface area contributed by atoms with Gasteiger partial charge in [0.2, 0.25) is 5.91 Å². The third-order valence-electron chi connectivity index (χ3n) is 3.62. The Balaban J connectivity index is 1.93. The Morgan fingerprint density at radius 2 is 2.26 bits per heavy atom. The van der Waals surface area contributed by atoms with Gasteiger partial charge in [0.05, 0.1) is 5.69 Å². The monoisotopic (exact) mass is 394 g/mol. The molecule has 0 aliphatic carbocycles. The van der Waals surface area contributed by atoms with Crippen molar-refractivity contribution in [1.82, 2.24) is 20.2 Å². The van der Waals surface area contributed by atoms with Gasteiger partial charge in [-0.05, 0) is 42.9 Å². The molecule has 0 unspecified atom stereocenters. The van der Waals surface area contributed by atoms with Crippen LogP contribution in [-0.4, -0.2) is 32.6 Å². The zero-order valence-electron chi connectivity index (χ0n) is 22.5. The summed E-state index contributed by atoms with van der Waals surface area (Å²) in [5.41, 5.74) is 0.00402. The molecule has 0 spiro atoms. The maximum Gasteiger partial charge on any atom is 0.231 e. The average Bonchev–Trinajstić information content (AvgIpc) is 3.29. The van der Waals surface area contributed by atoms with Crippen LogP contribution < -0.4 is 4.90 Å². The van der Waals surface area contributed by atoms with E-state index in [1.165, 1.54) is 18.5 Å². The van der Waals surface area contributed by atoms with Crippen molar-refractivity contribution in [3.8, 4) is 11.3 Å². The summed E-state index contributed by atoms with van der Waals surface area (Å²) in [6, 6.07) is 4.82. The molecule has 4 rings (SSSR count). The molecule has 0 radical (unpaired) electrons. The molecule has 1 amide bonds. The molecule has 0 aromatic carbocycles. The number of aromatic nitrogens is 4. The SMILES string of the molecule is [2H]C1([2H])N(c2cc(-c3ccncc3)[nH]n2)C(=O)[C@@]([2H])(C([2H])([2H])c2cnc(Cl)c(F)c2)C([2H])([2H])C1([2H])[2H]. The lowest BCUT2D eigenvalue weighted by atomic mass is 9.91. The minimum absolute atomic E-state index is 0.111. The number of nitrogens with one attached hydrogen (secondary N) is 1. The largest absolute Gasteiger partial charge is 0.295 e. The second-order valence-corrected chi connectivity index (χ2v) is 5.73. The number of halogens is 2. The highest BCUT2D eigenvalue weighted by atomic mass is 35.5. The molecular formula is C19H17ClFN5O. The lowest BCUT2D eigenvalue weighted by molar-refractivity contribution is -0.123. The van der Waals surface area contributed by atoms with Gasteiger partial charge in [0.25, 0.3) is 0 Å². The molecule has 3 aromatic heterocycles. The summed E-state index contributed by atoms with van der Waals surface area (Å²) < 4.78 is 90.1. The van der Waals surface area contributed by atoms with Gasteiger partial charge < -0.3 is 0 Å². The van der Waals surface area contributed by atoms with E-state index in [1.807, 2.05) is 0 Å². The molecule has 8 heteroatoms. The molecule has 0 saturated carbocycles. The summed E-state index contributed by atoms with van der Waals surface area (Å²) in [5.74, 6) is -7.19. The average molecular weight is 395 g/mol. The topological polar surface area (TPSA) is 74.8 Å². The minimum Gasteiger partial charge on any atom is -0.295 e. The molecule has 27 heavy (non-hydrogen) atoms. The first-order valence-electron chi connectivity index (χ1n) is 12.1. The van der Waals surface area contributed by atoms with Crippen molar-refractivity contribution >= 4 is 23.3 Å². The Hall–Kier alpha value is -2.80. The van der Waals surface area contributed by atoms with Crippen LogP contribution in [0.4, 0.5) is 10.2 Å². The summed E-state index contributed by atoms with van der Waals surface area (Å²) in [6.07, 6.45) is -7.24. The molecule has 1 atom stereocenters. The summed E-state index contributed by atoms with van der Waals surface area (Å²) >= 11 is 5.54. The Bertz CT molecular complexity index is 1340. The lowest BCUT2D eigenvalue weighted by Gasteiger charge is -2.30. The number of rotatable bonds is 4. The molecule has 3 aromatic rings. The third kappa shape index (κ3) is 3.68. The van der Waals surface area contributed by atoms with Crippen LogP contribution in [-0.2, 0) is 11.2 Å². The summed E-state index contributed by atoms with van der Waals surface area (Å²) in [7, 11) is 0. The lowest BCUT2D eigenvalue weighted by Crippen LogP contribution is -2.42. The van der Waals surface area contributed by atoms with Crippen LogP contribution in [0, 0.1) is 11.7 Å². The number of pyridine rings is 2. The predicted molar refractivity (Wildman–Crippen MR) is 99.8 cm³/mol. The number of carbonyl (C=O) groups excluding carboxylic acids is 1. The Labute approximate surface area is 173 Å². The van der Waals surface area contributed by atoms with Crippen LogP contribution in [0.25, 0.3) is 11.3 Å². The summed E-state index contributed by atoms with van der Waals surface area (Å²) in [6.45, 7) is -3.43. The van der Waals surface area contributed by atoms with Crippen molar-refractivity contribution in [1.29, 1.82) is 0 Å². The number of amides is 1. The van der Waals surface area contributed by atoms with Crippen LogP contribution in [0.1, 0.15) is 30.6 Å². The molecule has 1 aliphatic rings. The summed E-state index contributed by atoms with van der Waals surface area (Å²) in [5, 5.41) is 5.77. The van der Waals surface area contributed by atoms with Crippen molar-refractivity contribution in [3.05, 3.63) is 59.4 Å². The molecular weight excluding hydrogens is 369 g/mol. The van der Waals surface area contributed by atoms with Crippen molar-refractivity contribution in [2.45, 2.75) is 19.1 Å². The fourth-order valence-corrected chi connectivity index (χ4v) is 2.45. The second-order valence-electron chi connectivity index (χ2n) is 5.37. The molecule has 0 bridgehead atoms. The van der Waals surface area contributed by atoms with E-state index in [0.29, 0.717) is 17.8 Å². The van der Waals surface area contributed by atoms with Crippen molar-refractivity contribution in [2.75, 3.05) is 11.4 Å². The fourth-order valence-electron chi connectivity index (χ4n) is 2.35. The number of carbonyl (C=O) groups is 1. The maximum absolute atomic E-state index is 14.1. The maximum atomic E-state index is 14.1. The van der Waals surface area contributed by atoms with Crippen LogP contribution in [0.2, 0.25) is 5.15 Å². The Morgan fingerprint density at radius 3 is 3.04 bits per heavy atom. The van der Waals surface area contributed by atoms with Crippen molar-refractivity contribution < 1.29 is 21.5 Å². The highest BCUT2D eigenvalue weighted by molar-refractivity contribution is 6.29. The molecule has 138 valence electrons. The van der Waals surface area contributed by atoms with E-state index in [1.54, 1.807) is 12.1 Å². The number of nitrogens with zero attached hydrogens (tertiary/aromatic N) is 4. The van der Waals surface area contributed by atoms with Gasteiger partial charge in [-0.15, -0.1) is 0 Å². The molecule has 1 aliphatic heterocycles. The molecule has 6 nitrogen and oxygen atoms in total. The van der Waals surface area contributed by atoms with E-state index in [-0.39, 0.29) is 10.6 Å². The van der Waals surface area contributed by atoms with E-state index in [0.717, 1.165) is 0 Å². The van der Waals surface area contributed by atoms with E-state index < -0.39 is 59.8 Å². The highest BCUT2D eigenvalue weighted by Crippen LogP contribution is 2.28. The van der Waals surface area contributed by atoms with Gasteiger partial charge in [-0.1, -0.05) is 11.6 Å². The first-order chi connectivity index (χ1) is 16.5. The first-order valence-corrected chi connectivity index (χ1v) is 8.01. The van der Waals surface area contributed by atoms with Crippen molar-refractivity contribution in [3.63, 3.8) is 0 Å². The zero-order chi connectivity index (χ0) is 26.9. The van der Waals surface area contributed by atoms with E-state index in [9.17, 15) is 9.18 Å². The van der Waals surface area contributed by atoms with Gasteiger partial charge in [0.1, 0.15) is 0 Å². The number of aromatic amines is 1. The van der Waals surface area contributed by atoms with Gasteiger partial charge in [-0.2, -0.15) is 5.10 Å². The predicted octanol–water partition coefficient (Wildman–Crippen LogP) is 3.64. The van der Waals surface area contributed by atoms with Gasteiger partial charge in [0.15, 0.2) is 16.8 Å². The number of piperidine rings is 1. The van der Waals surface area contributed by atoms with Crippen molar-refractivity contribution in [2.24, 2.45) is 5.89 Å². The highest BCUT2D eigenvalue weighted by Gasteiger charge is 2.31. The van der Waals surface area contributed by atoms with E-state index in [2.05, 4.69) is 20.2 Å². The molecule has 1 fully saturated rings. The summed E-state index contributed by atoms with van der Waals surface area (Å²) in [4.78, 5) is 21.2. The van der Waals surface area contributed by atoms with Gasteiger partial charge in [-0.25, -0.2) is 9.37 Å². The van der Waals surface area contributed by atoms with Crippen LogP contribution in [0.15, 0.2) is 42.9 Å².